The van der Waals surface area contributed by atoms with Crippen molar-refractivity contribution in [3.05, 3.63) is 47.8 Å². The molecule has 2 aromatic rings. The van der Waals surface area contributed by atoms with Crippen molar-refractivity contribution in [2.45, 2.75) is 0 Å². The molecule has 0 unspecified atom stereocenters. The van der Waals surface area contributed by atoms with Gasteiger partial charge in [-0.3, -0.25) is 14.6 Å². The number of benzene rings is 1. The van der Waals surface area contributed by atoms with Gasteiger partial charge >= 0.3 is 0 Å². The van der Waals surface area contributed by atoms with Gasteiger partial charge in [0.05, 0.1) is 20.4 Å². The largest absolute Gasteiger partial charge is 0.493 e. The minimum absolute atomic E-state index is 0.239. The van der Waals surface area contributed by atoms with Crippen LogP contribution in [0.5, 0.6) is 17.2 Å². The van der Waals surface area contributed by atoms with E-state index in [2.05, 4.69) is 15.5 Å². The van der Waals surface area contributed by atoms with Gasteiger partial charge in [-0.25, -0.2) is 5.43 Å². The van der Waals surface area contributed by atoms with E-state index in [1.54, 1.807) is 30.3 Å². The lowest BCUT2D eigenvalue weighted by atomic mass is 10.2. The van der Waals surface area contributed by atoms with Gasteiger partial charge in [-0.05, 0) is 24.3 Å². The summed E-state index contributed by atoms with van der Waals surface area (Å²) in [5, 5.41) is 3.88. The van der Waals surface area contributed by atoms with Gasteiger partial charge in [-0.1, -0.05) is 6.07 Å². The first-order valence-corrected chi connectivity index (χ1v) is 7.46. The van der Waals surface area contributed by atoms with Crippen LogP contribution < -0.4 is 25.4 Å². The first-order chi connectivity index (χ1) is 12.5. The van der Waals surface area contributed by atoms with E-state index in [4.69, 9.17) is 19.9 Å². The van der Waals surface area contributed by atoms with E-state index in [1.807, 2.05) is 0 Å². The molecule has 0 bridgehead atoms. The first kappa shape index (κ1) is 18.7. The summed E-state index contributed by atoms with van der Waals surface area (Å²) in [5.41, 5.74) is 8.28. The van der Waals surface area contributed by atoms with Crippen molar-refractivity contribution in [2.24, 2.45) is 10.8 Å². The Morgan fingerprint density at radius 1 is 1.23 bits per heavy atom. The Bertz CT molecular complexity index is 783. The van der Waals surface area contributed by atoms with Crippen LogP contribution in [-0.2, 0) is 4.79 Å². The fourth-order valence-electron chi connectivity index (χ4n) is 1.98. The Morgan fingerprint density at radius 3 is 2.46 bits per heavy atom. The average Bonchev–Trinajstić information content (AvgIpc) is 2.66. The van der Waals surface area contributed by atoms with Crippen LogP contribution in [0.25, 0.3) is 0 Å². The van der Waals surface area contributed by atoms with Gasteiger partial charge in [-0.2, -0.15) is 5.10 Å². The third-order valence-electron chi connectivity index (χ3n) is 3.12. The maximum Gasteiger partial charge on any atom is 0.289 e. The second kappa shape index (κ2) is 9.02. The van der Waals surface area contributed by atoms with Crippen LogP contribution in [0.3, 0.4) is 0 Å². The Balaban J connectivity index is 2.16. The fourth-order valence-corrected chi connectivity index (χ4v) is 1.98. The smallest absolute Gasteiger partial charge is 0.289 e. The van der Waals surface area contributed by atoms with E-state index in [9.17, 15) is 9.59 Å². The number of primary amides is 1. The Morgan fingerprint density at radius 2 is 1.92 bits per heavy atom. The van der Waals surface area contributed by atoms with E-state index in [-0.39, 0.29) is 18.1 Å². The highest BCUT2D eigenvalue weighted by Gasteiger charge is 2.14. The van der Waals surface area contributed by atoms with Gasteiger partial charge in [0.15, 0.2) is 18.1 Å². The van der Waals surface area contributed by atoms with Gasteiger partial charge in [-0.15, -0.1) is 0 Å². The summed E-state index contributed by atoms with van der Waals surface area (Å²) < 4.78 is 15.8. The number of pyridine rings is 1. The van der Waals surface area contributed by atoms with Crippen molar-refractivity contribution in [1.82, 2.24) is 10.4 Å². The van der Waals surface area contributed by atoms with Gasteiger partial charge in [0.1, 0.15) is 5.69 Å². The van der Waals surface area contributed by atoms with Gasteiger partial charge in [0.2, 0.25) is 5.75 Å². The molecule has 9 nitrogen and oxygen atoms in total. The maximum atomic E-state index is 11.9. The molecule has 0 radical (unpaired) electrons. The molecule has 0 atom stereocenters. The number of aromatic nitrogens is 1. The summed E-state index contributed by atoms with van der Waals surface area (Å²) in [7, 11) is 2.88. The number of rotatable bonds is 8. The summed E-state index contributed by atoms with van der Waals surface area (Å²) >= 11 is 0. The molecule has 0 aliphatic heterocycles. The zero-order valence-electron chi connectivity index (χ0n) is 14.3. The number of methoxy groups -OCH3 is 2. The zero-order valence-corrected chi connectivity index (χ0v) is 14.3. The summed E-state index contributed by atoms with van der Waals surface area (Å²) in [6.07, 6.45) is 2.92. The second-order valence-corrected chi connectivity index (χ2v) is 4.92. The zero-order chi connectivity index (χ0) is 18.9. The van der Waals surface area contributed by atoms with E-state index < -0.39 is 11.8 Å². The third kappa shape index (κ3) is 4.94. The number of hydrogen-bond donors (Lipinski definition) is 2. The van der Waals surface area contributed by atoms with Crippen molar-refractivity contribution >= 4 is 18.0 Å². The topological polar surface area (TPSA) is 125 Å². The monoisotopic (exact) mass is 358 g/mol. The minimum Gasteiger partial charge on any atom is -0.493 e. The van der Waals surface area contributed by atoms with Gasteiger partial charge in [0.25, 0.3) is 11.8 Å². The molecule has 0 aliphatic carbocycles. The highest BCUT2D eigenvalue weighted by atomic mass is 16.5. The van der Waals surface area contributed by atoms with E-state index >= 15 is 0 Å². The molecule has 0 aliphatic rings. The number of ether oxygens (including phenoxy) is 3. The van der Waals surface area contributed by atoms with E-state index in [0.29, 0.717) is 17.1 Å². The van der Waals surface area contributed by atoms with Crippen molar-refractivity contribution in [3.63, 3.8) is 0 Å². The van der Waals surface area contributed by atoms with Gasteiger partial charge in [0, 0.05) is 11.8 Å². The summed E-state index contributed by atoms with van der Waals surface area (Å²) in [6, 6.07) is 8.19. The van der Waals surface area contributed by atoms with Crippen molar-refractivity contribution in [2.75, 3.05) is 20.8 Å². The molecule has 136 valence electrons. The Labute approximate surface area is 149 Å². The molecule has 0 fully saturated rings. The quantitative estimate of drug-likeness (QED) is 0.529. The molecule has 1 aromatic heterocycles. The minimum atomic E-state index is -0.628. The lowest BCUT2D eigenvalue weighted by molar-refractivity contribution is -0.120. The summed E-state index contributed by atoms with van der Waals surface area (Å²) in [4.78, 5) is 26.7. The second-order valence-electron chi connectivity index (χ2n) is 4.92. The number of carbonyl (C=O) groups excluding carboxylic acids is 2. The third-order valence-corrected chi connectivity index (χ3v) is 3.12. The van der Waals surface area contributed by atoms with Crippen LogP contribution in [0.15, 0.2) is 41.6 Å². The molecule has 9 heteroatoms. The van der Waals surface area contributed by atoms with Crippen LogP contribution >= 0.6 is 0 Å². The van der Waals surface area contributed by atoms with Crippen molar-refractivity contribution in [1.29, 1.82) is 0 Å². The molecule has 0 spiro atoms. The molecule has 1 aromatic carbocycles. The number of amides is 2. The summed E-state index contributed by atoms with van der Waals surface area (Å²) in [6.45, 7) is -0.319. The predicted octanol–water partition coefficient (Wildman–Crippen LogP) is 0.727. The van der Waals surface area contributed by atoms with Gasteiger partial charge < -0.3 is 19.9 Å². The first-order valence-electron chi connectivity index (χ1n) is 7.46. The lowest BCUT2D eigenvalue weighted by Gasteiger charge is -2.14. The number of carbonyl (C=O) groups is 2. The molecule has 2 amide bonds. The van der Waals surface area contributed by atoms with Crippen molar-refractivity contribution < 1.29 is 23.8 Å². The standard InChI is InChI=1S/C17H18N4O5/c1-24-13-7-11(8-14(25-2)16(13)26-10-15(18)22)9-20-21-17(23)12-5-3-4-6-19-12/h3-9H,10H2,1-2H3,(H2,18,22)(H,21,23)/b20-9-. The number of nitrogens with one attached hydrogen (secondary N) is 1. The SMILES string of the molecule is COc1cc(/C=N\NC(=O)c2ccccn2)cc(OC)c1OCC(N)=O. The van der Waals surface area contributed by atoms with Crippen LogP contribution in [-0.4, -0.2) is 43.8 Å². The molecule has 26 heavy (non-hydrogen) atoms. The predicted molar refractivity (Wildman–Crippen MR) is 93.5 cm³/mol. The summed E-state index contributed by atoms with van der Waals surface area (Å²) in [5.74, 6) is -0.186. The molecular formula is C17H18N4O5. The van der Waals surface area contributed by atoms with Crippen LogP contribution in [0.2, 0.25) is 0 Å². The molecule has 2 rings (SSSR count). The Hall–Kier alpha value is -3.62. The fraction of sp³-hybridized carbons (Fsp3) is 0.176. The van der Waals surface area contributed by atoms with E-state index in [1.165, 1.54) is 26.6 Å². The number of nitrogens with zero attached hydrogens (tertiary/aromatic N) is 2. The van der Waals surface area contributed by atoms with E-state index in [0.717, 1.165) is 0 Å². The van der Waals surface area contributed by atoms with Crippen molar-refractivity contribution in [3.8, 4) is 17.2 Å². The van der Waals surface area contributed by atoms with Crippen LogP contribution in [0.1, 0.15) is 16.1 Å². The highest BCUT2D eigenvalue weighted by Crippen LogP contribution is 2.38. The molecule has 1 heterocycles. The maximum absolute atomic E-state index is 11.9. The van der Waals surface area contributed by atoms with Crippen LogP contribution in [0, 0.1) is 0 Å². The average molecular weight is 358 g/mol. The normalized spacial score (nSPS) is 10.4. The number of hydrogen-bond acceptors (Lipinski definition) is 7. The Kier molecular flexibility index (Phi) is 6.49. The highest BCUT2D eigenvalue weighted by molar-refractivity contribution is 5.93. The molecule has 0 saturated heterocycles. The van der Waals surface area contributed by atoms with Crippen LogP contribution in [0.4, 0.5) is 0 Å². The number of nitrogens with two attached hydrogens (primary N) is 1. The molecular weight excluding hydrogens is 340 g/mol. The molecule has 3 N–H and O–H groups in total. The molecule has 0 saturated carbocycles. The lowest BCUT2D eigenvalue weighted by Crippen LogP contribution is -2.20. The number of hydrazone groups is 1.